The van der Waals surface area contributed by atoms with Crippen LogP contribution in [-0.2, 0) is 16.0 Å². The molecule has 0 amide bonds. The Labute approximate surface area is 187 Å². The lowest BCUT2D eigenvalue weighted by Gasteiger charge is -2.12. The SMILES string of the molecule is CCOc1cc(C=Nn2c(CC)nc3ccc(Br)cc3c2=O)ccc1OCC(=O)OC. The van der Waals surface area contributed by atoms with Gasteiger partial charge in [-0.2, -0.15) is 9.78 Å². The van der Waals surface area contributed by atoms with Gasteiger partial charge in [-0.3, -0.25) is 4.79 Å². The first-order valence-corrected chi connectivity index (χ1v) is 10.5. The highest BCUT2D eigenvalue weighted by atomic mass is 79.9. The molecule has 3 rings (SSSR count). The maximum Gasteiger partial charge on any atom is 0.343 e. The van der Waals surface area contributed by atoms with Crippen molar-refractivity contribution in [1.82, 2.24) is 9.66 Å². The maximum absolute atomic E-state index is 13.0. The molecular formula is C22H22BrN3O5. The molecule has 0 N–H and O–H groups in total. The molecule has 0 aliphatic carbocycles. The van der Waals surface area contributed by atoms with Gasteiger partial charge in [0.25, 0.3) is 5.56 Å². The Hall–Kier alpha value is -3.20. The number of benzene rings is 2. The second kappa shape index (κ2) is 10.2. The Morgan fingerprint density at radius 3 is 2.68 bits per heavy atom. The topological polar surface area (TPSA) is 92.0 Å². The van der Waals surface area contributed by atoms with Gasteiger partial charge in [-0.15, -0.1) is 0 Å². The molecule has 0 spiro atoms. The number of esters is 1. The molecule has 0 radical (unpaired) electrons. The molecule has 0 aliphatic heterocycles. The number of methoxy groups -OCH3 is 1. The lowest BCUT2D eigenvalue weighted by molar-refractivity contribution is -0.142. The molecule has 0 atom stereocenters. The first-order chi connectivity index (χ1) is 15.0. The zero-order chi connectivity index (χ0) is 22.4. The standard InChI is InChI=1S/C22H22BrN3O5/c1-4-20-25-17-8-7-15(23)11-16(17)22(28)26(20)24-12-14-6-9-18(19(10-14)30-5-2)31-13-21(27)29-3/h6-12H,4-5,13H2,1-3H3. The minimum atomic E-state index is -0.491. The number of nitrogens with zero attached hydrogens (tertiary/aromatic N) is 3. The van der Waals surface area contributed by atoms with E-state index < -0.39 is 5.97 Å². The molecule has 8 nitrogen and oxygen atoms in total. The number of hydrogen-bond acceptors (Lipinski definition) is 7. The van der Waals surface area contributed by atoms with Crippen molar-refractivity contribution in [1.29, 1.82) is 0 Å². The Morgan fingerprint density at radius 1 is 1.16 bits per heavy atom. The number of carbonyl (C=O) groups is 1. The van der Waals surface area contributed by atoms with Crippen LogP contribution in [0.4, 0.5) is 0 Å². The highest BCUT2D eigenvalue weighted by Crippen LogP contribution is 2.28. The molecule has 0 bridgehead atoms. The summed E-state index contributed by atoms with van der Waals surface area (Å²) in [6.45, 7) is 3.95. The number of aromatic nitrogens is 2. The van der Waals surface area contributed by atoms with E-state index in [1.165, 1.54) is 11.8 Å². The minimum absolute atomic E-state index is 0.225. The largest absolute Gasteiger partial charge is 0.490 e. The van der Waals surface area contributed by atoms with Gasteiger partial charge in [-0.05, 0) is 48.9 Å². The van der Waals surface area contributed by atoms with Crippen LogP contribution in [0.15, 0.2) is 50.8 Å². The van der Waals surface area contributed by atoms with E-state index >= 15 is 0 Å². The predicted octanol–water partition coefficient (Wildman–Crippen LogP) is 3.55. The first-order valence-electron chi connectivity index (χ1n) is 9.68. The number of hydrogen-bond donors (Lipinski definition) is 0. The zero-order valence-corrected chi connectivity index (χ0v) is 19.0. The summed E-state index contributed by atoms with van der Waals surface area (Å²) in [5.74, 6) is 0.932. The van der Waals surface area contributed by atoms with Crippen LogP contribution in [0.25, 0.3) is 10.9 Å². The van der Waals surface area contributed by atoms with Crippen LogP contribution in [0, 0.1) is 0 Å². The molecule has 3 aromatic rings. The van der Waals surface area contributed by atoms with E-state index in [0.29, 0.717) is 46.8 Å². The number of fused-ring (bicyclic) bond motifs is 1. The normalized spacial score (nSPS) is 11.1. The van der Waals surface area contributed by atoms with Gasteiger partial charge in [-0.25, -0.2) is 9.78 Å². The third-order valence-electron chi connectivity index (χ3n) is 4.35. The van der Waals surface area contributed by atoms with Crippen molar-refractivity contribution in [3.8, 4) is 11.5 Å². The third kappa shape index (κ3) is 5.29. The summed E-state index contributed by atoms with van der Waals surface area (Å²) in [4.78, 5) is 28.9. The predicted molar refractivity (Wildman–Crippen MR) is 121 cm³/mol. The molecule has 162 valence electrons. The van der Waals surface area contributed by atoms with Crippen molar-refractivity contribution in [2.75, 3.05) is 20.3 Å². The van der Waals surface area contributed by atoms with Gasteiger partial charge in [-0.1, -0.05) is 22.9 Å². The van der Waals surface area contributed by atoms with Gasteiger partial charge in [0.2, 0.25) is 0 Å². The van der Waals surface area contributed by atoms with Gasteiger partial charge >= 0.3 is 5.97 Å². The molecule has 0 saturated carbocycles. The molecular weight excluding hydrogens is 466 g/mol. The summed E-state index contributed by atoms with van der Waals surface area (Å²) in [5.41, 5.74) is 1.07. The summed E-state index contributed by atoms with van der Waals surface area (Å²) in [7, 11) is 1.29. The van der Waals surface area contributed by atoms with Gasteiger partial charge in [0, 0.05) is 10.9 Å². The number of aryl methyl sites for hydroxylation is 1. The Morgan fingerprint density at radius 2 is 1.97 bits per heavy atom. The van der Waals surface area contributed by atoms with Crippen LogP contribution in [0.5, 0.6) is 11.5 Å². The van der Waals surface area contributed by atoms with E-state index in [9.17, 15) is 9.59 Å². The summed E-state index contributed by atoms with van der Waals surface area (Å²) < 4.78 is 17.8. The Balaban J connectivity index is 1.96. The van der Waals surface area contributed by atoms with Crippen LogP contribution < -0.4 is 15.0 Å². The first kappa shape index (κ1) is 22.5. The summed E-state index contributed by atoms with van der Waals surface area (Å²) >= 11 is 3.39. The lowest BCUT2D eigenvalue weighted by atomic mass is 10.2. The summed E-state index contributed by atoms with van der Waals surface area (Å²) in [5, 5.41) is 4.85. The van der Waals surface area contributed by atoms with Crippen LogP contribution in [0.2, 0.25) is 0 Å². The summed E-state index contributed by atoms with van der Waals surface area (Å²) in [6, 6.07) is 10.5. The van der Waals surface area contributed by atoms with Gasteiger partial charge in [0.15, 0.2) is 18.1 Å². The molecule has 9 heteroatoms. The Bertz CT molecular complexity index is 1190. The second-order valence-corrected chi connectivity index (χ2v) is 7.32. The quantitative estimate of drug-likeness (QED) is 0.356. The van der Waals surface area contributed by atoms with Gasteiger partial charge < -0.3 is 14.2 Å². The van der Waals surface area contributed by atoms with Crippen molar-refractivity contribution in [3.05, 3.63) is 62.6 Å². The average Bonchev–Trinajstić information content (AvgIpc) is 2.78. The number of ether oxygens (including phenoxy) is 3. The number of halogens is 1. The van der Waals surface area contributed by atoms with E-state index in [2.05, 4.69) is 30.8 Å². The van der Waals surface area contributed by atoms with E-state index in [4.69, 9.17) is 9.47 Å². The van der Waals surface area contributed by atoms with Crippen molar-refractivity contribution in [2.45, 2.75) is 20.3 Å². The summed E-state index contributed by atoms with van der Waals surface area (Å²) in [6.07, 6.45) is 2.10. The molecule has 0 aliphatic rings. The maximum atomic E-state index is 13.0. The minimum Gasteiger partial charge on any atom is -0.490 e. The van der Waals surface area contributed by atoms with Crippen LogP contribution in [0.3, 0.4) is 0 Å². The fraction of sp³-hybridized carbons (Fsp3) is 0.273. The van der Waals surface area contributed by atoms with Crippen molar-refractivity contribution in [2.24, 2.45) is 5.10 Å². The van der Waals surface area contributed by atoms with E-state index in [-0.39, 0.29) is 12.2 Å². The van der Waals surface area contributed by atoms with Gasteiger partial charge in [0.1, 0.15) is 5.82 Å². The van der Waals surface area contributed by atoms with E-state index in [1.807, 2.05) is 19.9 Å². The monoisotopic (exact) mass is 487 g/mol. The molecule has 1 aromatic heterocycles. The Kier molecular flexibility index (Phi) is 7.41. The van der Waals surface area contributed by atoms with Crippen molar-refractivity contribution >= 4 is 39.0 Å². The molecule has 2 aromatic carbocycles. The molecule has 0 unspecified atom stereocenters. The van der Waals surface area contributed by atoms with Crippen LogP contribution >= 0.6 is 15.9 Å². The van der Waals surface area contributed by atoms with Crippen LogP contribution in [0.1, 0.15) is 25.2 Å². The van der Waals surface area contributed by atoms with E-state index in [1.54, 1.807) is 36.5 Å². The molecule has 0 saturated heterocycles. The molecule has 0 fully saturated rings. The number of carbonyl (C=O) groups excluding carboxylic acids is 1. The number of rotatable bonds is 8. The smallest absolute Gasteiger partial charge is 0.343 e. The lowest BCUT2D eigenvalue weighted by Crippen LogP contribution is -2.22. The average molecular weight is 488 g/mol. The molecule has 31 heavy (non-hydrogen) atoms. The van der Waals surface area contributed by atoms with Crippen LogP contribution in [-0.4, -0.2) is 42.2 Å². The fourth-order valence-electron chi connectivity index (χ4n) is 2.86. The van der Waals surface area contributed by atoms with E-state index in [0.717, 1.165) is 4.47 Å². The second-order valence-electron chi connectivity index (χ2n) is 6.41. The highest BCUT2D eigenvalue weighted by Gasteiger charge is 2.11. The zero-order valence-electron chi connectivity index (χ0n) is 17.4. The fourth-order valence-corrected chi connectivity index (χ4v) is 3.22. The van der Waals surface area contributed by atoms with Crippen molar-refractivity contribution in [3.63, 3.8) is 0 Å². The van der Waals surface area contributed by atoms with Crippen molar-refractivity contribution < 1.29 is 19.0 Å². The molecule has 1 heterocycles. The van der Waals surface area contributed by atoms with Gasteiger partial charge in [0.05, 0.1) is 30.8 Å². The third-order valence-corrected chi connectivity index (χ3v) is 4.85. The highest BCUT2D eigenvalue weighted by molar-refractivity contribution is 9.10.